The Labute approximate surface area is 106 Å². The standard InChI is InChI=1S/C13H17ClFNO/c1-9(2)8-16(3)13(17)6-10-4-5-11(15)7-12(10)14/h4-5,7,9H,6,8H2,1-3H3. The minimum Gasteiger partial charge on any atom is -0.345 e. The van der Waals surface area contributed by atoms with E-state index in [0.717, 1.165) is 0 Å². The average molecular weight is 258 g/mol. The van der Waals surface area contributed by atoms with Crippen molar-refractivity contribution in [3.63, 3.8) is 0 Å². The molecule has 0 unspecified atom stereocenters. The van der Waals surface area contributed by atoms with Crippen LogP contribution in [-0.4, -0.2) is 24.4 Å². The van der Waals surface area contributed by atoms with E-state index >= 15 is 0 Å². The van der Waals surface area contributed by atoms with Gasteiger partial charge >= 0.3 is 0 Å². The summed E-state index contributed by atoms with van der Waals surface area (Å²) in [5.41, 5.74) is 0.661. The van der Waals surface area contributed by atoms with Crippen molar-refractivity contribution in [1.82, 2.24) is 4.90 Å². The molecule has 0 saturated heterocycles. The average Bonchev–Trinajstić information content (AvgIpc) is 2.21. The van der Waals surface area contributed by atoms with Gasteiger partial charge in [-0.1, -0.05) is 31.5 Å². The summed E-state index contributed by atoms with van der Waals surface area (Å²) in [4.78, 5) is 13.5. The highest BCUT2D eigenvalue weighted by Crippen LogP contribution is 2.18. The molecule has 0 aliphatic rings. The first kappa shape index (κ1) is 14.0. The van der Waals surface area contributed by atoms with Crippen LogP contribution in [-0.2, 0) is 11.2 Å². The first-order chi connectivity index (χ1) is 7.90. The predicted molar refractivity (Wildman–Crippen MR) is 67.6 cm³/mol. The molecule has 0 bridgehead atoms. The topological polar surface area (TPSA) is 20.3 Å². The number of halogens is 2. The van der Waals surface area contributed by atoms with E-state index in [4.69, 9.17) is 11.6 Å². The highest BCUT2D eigenvalue weighted by Gasteiger charge is 2.13. The molecule has 0 atom stereocenters. The number of hydrogen-bond donors (Lipinski definition) is 0. The fourth-order valence-electron chi connectivity index (χ4n) is 1.61. The highest BCUT2D eigenvalue weighted by atomic mass is 35.5. The van der Waals surface area contributed by atoms with Crippen molar-refractivity contribution in [3.8, 4) is 0 Å². The number of carbonyl (C=O) groups is 1. The van der Waals surface area contributed by atoms with Gasteiger partial charge in [0.25, 0.3) is 0 Å². The molecule has 1 aromatic rings. The van der Waals surface area contributed by atoms with Crippen molar-refractivity contribution < 1.29 is 9.18 Å². The molecule has 1 aromatic carbocycles. The third kappa shape index (κ3) is 4.35. The van der Waals surface area contributed by atoms with Gasteiger partial charge in [-0.25, -0.2) is 4.39 Å². The van der Waals surface area contributed by atoms with Gasteiger partial charge in [0.15, 0.2) is 0 Å². The van der Waals surface area contributed by atoms with Crippen molar-refractivity contribution in [2.45, 2.75) is 20.3 Å². The Balaban J connectivity index is 2.67. The second-order valence-corrected chi connectivity index (χ2v) is 4.99. The molecule has 0 aromatic heterocycles. The van der Waals surface area contributed by atoms with Crippen LogP contribution in [0.3, 0.4) is 0 Å². The van der Waals surface area contributed by atoms with Gasteiger partial charge in [0.2, 0.25) is 5.91 Å². The van der Waals surface area contributed by atoms with Crippen molar-refractivity contribution in [3.05, 3.63) is 34.6 Å². The third-order valence-electron chi connectivity index (χ3n) is 2.42. The Morgan fingerprint density at radius 3 is 2.65 bits per heavy atom. The van der Waals surface area contributed by atoms with E-state index in [9.17, 15) is 9.18 Å². The maximum absolute atomic E-state index is 12.8. The molecule has 0 spiro atoms. The van der Waals surface area contributed by atoms with Gasteiger partial charge < -0.3 is 4.90 Å². The summed E-state index contributed by atoms with van der Waals surface area (Å²) in [6.07, 6.45) is 0.211. The van der Waals surface area contributed by atoms with Gasteiger partial charge in [-0.3, -0.25) is 4.79 Å². The minimum atomic E-state index is -0.387. The van der Waals surface area contributed by atoms with Crippen molar-refractivity contribution in [1.29, 1.82) is 0 Å². The van der Waals surface area contributed by atoms with E-state index in [1.54, 1.807) is 18.0 Å². The Hall–Kier alpha value is -1.09. The van der Waals surface area contributed by atoms with Crippen LogP contribution >= 0.6 is 11.6 Å². The lowest BCUT2D eigenvalue weighted by atomic mass is 10.1. The second kappa shape index (κ2) is 6.01. The van der Waals surface area contributed by atoms with E-state index in [1.807, 2.05) is 0 Å². The number of hydrogen-bond acceptors (Lipinski definition) is 1. The summed E-state index contributed by atoms with van der Waals surface area (Å²) < 4.78 is 12.8. The third-order valence-corrected chi connectivity index (χ3v) is 2.77. The van der Waals surface area contributed by atoms with Gasteiger partial charge in [-0.2, -0.15) is 0 Å². The number of rotatable bonds is 4. The Kier molecular flexibility index (Phi) is 4.94. The lowest BCUT2D eigenvalue weighted by molar-refractivity contribution is -0.129. The van der Waals surface area contributed by atoms with Crippen LogP contribution in [0.5, 0.6) is 0 Å². The largest absolute Gasteiger partial charge is 0.345 e. The molecule has 0 aliphatic carbocycles. The van der Waals surface area contributed by atoms with Crippen LogP contribution < -0.4 is 0 Å². The number of benzene rings is 1. The summed E-state index contributed by atoms with van der Waals surface area (Å²) in [5.74, 6) is 0.0292. The maximum atomic E-state index is 12.8. The molecule has 0 aliphatic heterocycles. The number of amides is 1. The van der Waals surface area contributed by atoms with Crippen molar-refractivity contribution in [2.75, 3.05) is 13.6 Å². The van der Waals surface area contributed by atoms with Crippen LogP contribution in [0.15, 0.2) is 18.2 Å². The molecule has 4 heteroatoms. The van der Waals surface area contributed by atoms with Crippen LogP contribution in [0.4, 0.5) is 4.39 Å². The molecule has 17 heavy (non-hydrogen) atoms. The minimum absolute atomic E-state index is 0.00721. The fraction of sp³-hybridized carbons (Fsp3) is 0.462. The van der Waals surface area contributed by atoms with Crippen LogP contribution in [0, 0.1) is 11.7 Å². The quantitative estimate of drug-likeness (QED) is 0.812. The number of carbonyl (C=O) groups excluding carboxylic acids is 1. The van der Waals surface area contributed by atoms with Gasteiger partial charge in [0, 0.05) is 18.6 Å². The van der Waals surface area contributed by atoms with Gasteiger partial charge in [0.05, 0.1) is 6.42 Å². The van der Waals surface area contributed by atoms with E-state index in [1.165, 1.54) is 12.1 Å². The SMILES string of the molecule is CC(C)CN(C)C(=O)Cc1ccc(F)cc1Cl. The molecule has 1 rings (SSSR count). The van der Waals surface area contributed by atoms with E-state index < -0.39 is 0 Å². The molecule has 94 valence electrons. The molecule has 0 fully saturated rings. The highest BCUT2D eigenvalue weighted by molar-refractivity contribution is 6.31. The normalized spacial score (nSPS) is 10.7. The van der Waals surface area contributed by atoms with Gasteiger partial charge in [0.1, 0.15) is 5.82 Å². The fourth-order valence-corrected chi connectivity index (χ4v) is 1.85. The zero-order valence-corrected chi connectivity index (χ0v) is 11.1. The molecule has 0 saturated carbocycles. The maximum Gasteiger partial charge on any atom is 0.226 e. The Morgan fingerprint density at radius 2 is 2.12 bits per heavy atom. The lowest BCUT2D eigenvalue weighted by Crippen LogP contribution is -2.31. The van der Waals surface area contributed by atoms with Crippen molar-refractivity contribution >= 4 is 17.5 Å². The molecule has 0 radical (unpaired) electrons. The molecule has 2 nitrogen and oxygen atoms in total. The summed E-state index contributed by atoms with van der Waals surface area (Å²) in [5, 5.41) is 0.302. The summed E-state index contributed by atoms with van der Waals surface area (Å²) >= 11 is 5.87. The van der Waals surface area contributed by atoms with Crippen LogP contribution in [0.25, 0.3) is 0 Å². The molecular formula is C13H17ClFNO. The van der Waals surface area contributed by atoms with Crippen LogP contribution in [0.2, 0.25) is 5.02 Å². The monoisotopic (exact) mass is 257 g/mol. The number of likely N-dealkylation sites (N-methyl/N-ethyl adjacent to an activating group) is 1. The first-order valence-corrected chi connectivity index (χ1v) is 5.96. The predicted octanol–water partition coefficient (Wildman–Crippen LogP) is 3.14. The van der Waals surface area contributed by atoms with Gasteiger partial charge in [-0.05, 0) is 23.6 Å². The van der Waals surface area contributed by atoms with Crippen LogP contribution in [0.1, 0.15) is 19.4 Å². The van der Waals surface area contributed by atoms with E-state index in [2.05, 4.69) is 13.8 Å². The first-order valence-electron chi connectivity index (χ1n) is 5.58. The molecule has 1 amide bonds. The smallest absolute Gasteiger partial charge is 0.226 e. The number of nitrogens with zero attached hydrogens (tertiary/aromatic N) is 1. The molecular weight excluding hydrogens is 241 g/mol. The molecule has 0 heterocycles. The Morgan fingerprint density at radius 1 is 1.47 bits per heavy atom. The Bertz CT molecular complexity index is 406. The van der Waals surface area contributed by atoms with E-state index in [0.29, 0.717) is 23.0 Å². The zero-order valence-electron chi connectivity index (χ0n) is 10.3. The summed E-state index contributed by atoms with van der Waals surface area (Å²) in [7, 11) is 1.76. The zero-order chi connectivity index (χ0) is 13.0. The lowest BCUT2D eigenvalue weighted by Gasteiger charge is -2.19. The van der Waals surface area contributed by atoms with Crippen molar-refractivity contribution in [2.24, 2.45) is 5.92 Å². The van der Waals surface area contributed by atoms with E-state index in [-0.39, 0.29) is 18.1 Å². The molecule has 0 N–H and O–H groups in total. The summed E-state index contributed by atoms with van der Waals surface area (Å²) in [6.45, 7) is 4.81. The van der Waals surface area contributed by atoms with Gasteiger partial charge in [-0.15, -0.1) is 0 Å². The summed E-state index contributed by atoms with van der Waals surface area (Å²) in [6, 6.07) is 4.10. The second-order valence-electron chi connectivity index (χ2n) is 4.58.